The minimum Gasteiger partial charge on any atom is -0.489 e. The van der Waals surface area contributed by atoms with Gasteiger partial charge in [0.25, 0.3) is 5.91 Å². The van der Waals surface area contributed by atoms with Crippen LogP contribution in [0.4, 0.5) is 5.69 Å². The number of halogens is 2. The highest BCUT2D eigenvalue weighted by Gasteiger charge is 2.32. The van der Waals surface area contributed by atoms with E-state index in [1.165, 1.54) is 0 Å². The zero-order chi connectivity index (χ0) is 23.8. The van der Waals surface area contributed by atoms with E-state index in [0.29, 0.717) is 52.4 Å². The number of carboxylic acids is 1. The normalized spacial score (nSPS) is 18.8. The van der Waals surface area contributed by atoms with E-state index in [1.54, 1.807) is 42.5 Å². The lowest BCUT2D eigenvalue weighted by atomic mass is 9.94. The summed E-state index contributed by atoms with van der Waals surface area (Å²) in [5, 5.41) is 16.1. The Bertz CT molecular complexity index is 1280. The first-order chi connectivity index (χ1) is 16.4. The van der Waals surface area contributed by atoms with Gasteiger partial charge in [-0.15, -0.1) is 0 Å². The summed E-state index contributed by atoms with van der Waals surface area (Å²) in [6, 6.07) is 15.5. The molecule has 0 radical (unpaired) electrons. The number of benzene rings is 3. The van der Waals surface area contributed by atoms with Crippen molar-refractivity contribution in [3.63, 3.8) is 0 Å². The maximum atomic E-state index is 12.8. The van der Waals surface area contributed by atoms with Gasteiger partial charge in [-0.05, 0) is 59.5 Å². The van der Waals surface area contributed by atoms with Gasteiger partial charge in [-0.25, -0.2) is 0 Å². The monoisotopic (exact) mass is 498 g/mol. The van der Waals surface area contributed by atoms with Crippen molar-refractivity contribution in [1.82, 2.24) is 5.32 Å². The van der Waals surface area contributed by atoms with E-state index >= 15 is 0 Å². The van der Waals surface area contributed by atoms with E-state index in [9.17, 15) is 14.7 Å². The van der Waals surface area contributed by atoms with Gasteiger partial charge in [-0.1, -0.05) is 41.4 Å². The van der Waals surface area contributed by atoms with Crippen molar-refractivity contribution in [2.24, 2.45) is 0 Å². The van der Waals surface area contributed by atoms with Crippen molar-refractivity contribution in [3.05, 3.63) is 86.9 Å². The van der Waals surface area contributed by atoms with E-state index in [1.807, 2.05) is 12.1 Å². The topological polar surface area (TPSA) is 96.9 Å². The molecule has 0 aromatic heterocycles. The van der Waals surface area contributed by atoms with Crippen LogP contribution >= 0.6 is 23.2 Å². The van der Waals surface area contributed by atoms with E-state index < -0.39 is 18.1 Å². The largest absolute Gasteiger partial charge is 0.489 e. The van der Waals surface area contributed by atoms with Crippen molar-refractivity contribution in [1.29, 1.82) is 0 Å². The highest BCUT2D eigenvalue weighted by atomic mass is 35.5. The Morgan fingerprint density at radius 1 is 1.06 bits per heavy atom. The molecule has 0 saturated carbocycles. The number of hydrogen-bond donors (Lipinski definition) is 3. The molecule has 0 saturated heterocycles. The van der Waals surface area contributed by atoms with Crippen LogP contribution < -0.4 is 20.1 Å². The van der Waals surface area contributed by atoms with Crippen LogP contribution in [0, 0.1) is 0 Å². The van der Waals surface area contributed by atoms with Crippen LogP contribution in [-0.2, 0) is 29.2 Å². The molecule has 174 valence electrons. The maximum absolute atomic E-state index is 12.8. The lowest BCUT2D eigenvalue weighted by Crippen LogP contribution is -2.41. The predicted molar refractivity (Wildman–Crippen MR) is 128 cm³/mol. The Hall–Kier alpha value is -3.26. The van der Waals surface area contributed by atoms with Gasteiger partial charge in [0, 0.05) is 12.1 Å². The summed E-state index contributed by atoms with van der Waals surface area (Å²) in [6.45, 7) is 0.748. The second kappa shape index (κ2) is 9.18. The van der Waals surface area contributed by atoms with Crippen LogP contribution in [-0.4, -0.2) is 23.0 Å². The molecule has 0 fully saturated rings. The molecular weight excluding hydrogens is 479 g/mol. The molecule has 3 N–H and O–H groups in total. The highest BCUT2D eigenvalue weighted by Crippen LogP contribution is 2.38. The Kier molecular flexibility index (Phi) is 6.08. The summed E-state index contributed by atoms with van der Waals surface area (Å²) in [7, 11) is 0. The molecule has 5 rings (SSSR count). The van der Waals surface area contributed by atoms with Gasteiger partial charge in [0.1, 0.15) is 24.1 Å². The molecule has 2 aliphatic heterocycles. The Labute approximate surface area is 205 Å². The molecule has 2 heterocycles. The third kappa shape index (κ3) is 4.55. The lowest BCUT2D eigenvalue weighted by Gasteiger charge is -2.30. The number of carboxylic acid groups (broad SMARTS) is 1. The lowest BCUT2D eigenvalue weighted by molar-refractivity contribution is -0.139. The molecule has 0 unspecified atom stereocenters. The highest BCUT2D eigenvalue weighted by molar-refractivity contribution is 6.42. The Morgan fingerprint density at radius 2 is 1.85 bits per heavy atom. The van der Waals surface area contributed by atoms with Crippen molar-refractivity contribution in [2.75, 3.05) is 5.32 Å². The summed E-state index contributed by atoms with van der Waals surface area (Å²) < 4.78 is 11.8. The van der Waals surface area contributed by atoms with Crippen LogP contribution in [0.25, 0.3) is 0 Å². The first kappa shape index (κ1) is 22.5. The molecule has 1 amide bonds. The molecule has 0 spiro atoms. The van der Waals surface area contributed by atoms with Crippen molar-refractivity contribution in [3.8, 4) is 11.5 Å². The number of anilines is 1. The van der Waals surface area contributed by atoms with Crippen molar-refractivity contribution in [2.45, 2.75) is 31.7 Å². The van der Waals surface area contributed by atoms with Crippen molar-refractivity contribution >= 4 is 40.8 Å². The van der Waals surface area contributed by atoms with E-state index in [4.69, 9.17) is 32.7 Å². The minimum atomic E-state index is -0.895. The van der Waals surface area contributed by atoms with Crippen LogP contribution in [0.2, 0.25) is 10.0 Å². The second-order valence-corrected chi connectivity index (χ2v) is 9.00. The van der Waals surface area contributed by atoms with E-state index in [0.717, 1.165) is 16.7 Å². The van der Waals surface area contributed by atoms with Crippen LogP contribution in [0.1, 0.15) is 28.4 Å². The number of fused-ring (bicyclic) bond motifs is 2. The van der Waals surface area contributed by atoms with Gasteiger partial charge in [-0.3, -0.25) is 9.59 Å². The van der Waals surface area contributed by atoms with Crippen LogP contribution in [0.5, 0.6) is 11.5 Å². The fourth-order valence-electron chi connectivity index (χ4n) is 4.05. The summed E-state index contributed by atoms with van der Waals surface area (Å²) in [5.74, 6) is 0.00666. The summed E-state index contributed by atoms with van der Waals surface area (Å²) in [5.41, 5.74) is 3.96. The number of amides is 1. The fraction of sp³-hybridized carbons (Fsp3) is 0.200. The molecule has 3 aromatic carbocycles. The fourth-order valence-corrected chi connectivity index (χ4v) is 4.37. The molecule has 0 aliphatic carbocycles. The predicted octanol–water partition coefficient (Wildman–Crippen LogP) is 4.74. The van der Waals surface area contributed by atoms with Gasteiger partial charge < -0.3 is 25.2 Å². The summed E-state index contributed by atoms with van der Waals surface area (Å²) >= 11 is 12.0. The Morgan fingerprint density at radius 3 is 2.59 bits per heavy atom. The van der Waals surface area contributed by atoms with Gasteiger partial charge in [0.15, 0.2) is 0 Å². The van der Waals surface area contributed by atoms with Gasteiger partial charge in [-0.2, -0.15) is 0 Å². The third-order valence-electron chi connectivity index (χ3n) is 5.88. The first-order valence-corrected chi connectivity index (χ1v) is 11.4. The smallest absolute Gasteiger partial charge is 0.321 e. The number of hydrogen-bond acceptors (Lipinski definition) is 5. The quantitative estimate of drug-likeness (QED) is 0.469. The van der Waals surface area contributed by atoms with Gasteiger partial charge in [0.05, 0.1) is 15.7 Å². The average molecular weight is 499 g/mol. The standard InChI is InChI=1S/C25H20Cl2N2O5/c26-18-6-1-13(7-19(18)27)12-33-17-4-2-14(3-5-17)23-24(30)29-20-8-15-9-21(25(31)32)28-11-16(15)10-22(20)34-23/h1-8,10,21,23,28H,9,11-12H2,(H,29,30)(H,31,32)/t21-,23+/m0/s1. The third-order valence-corrected chi connectivity index (χ3v) is 6.62. The number of rotatable bonds is 5. The SMILES string of the molecule is O=C(O)[C@@H]1Cc2cc3c(cc2CN1)O[C@H](c1ccc(OCc2ccc(Cl)c(Cl)c2)cc1)C(=O)N3. The molecule has 0 bridgehead atoms. The molecule has 9 heteroatoms. The number of carbonyl (C=O) groups is 2. The number of nitrogens with one attached hydrogen (secondary N) is 2. The molecule has 2 atom stereocenters. The number of aliphatic carboxylic acids is 1. The zero-order valence-electron chi connectivity index (χ0n) is 17.8. The van der Waals surface area contributed by atoms with Gasteiger partial charge in [0.2, 0.25) is 6.10 Å². The maximum Gasteiger partial charge on any atom is 0.321 e. The Balaban J connectivity index is 1.28. The van der Waals surface area contributed by atoms with Gasteiger partial charge >= 0.3 is 5.97 Å². The number of carbonyl (C=O) groups excluding carboxylic acids is 1. The van der Waals surface area contributed by atoms with E-state index in [-0.39, 0.29) is 5.91 Å². The van der Waals surface area contributed by atoms with Crippen LogP contribution in [0.15, 0.2) is 54.6 Å². The summed E-state index contributed by atoms with van der Waals surface area (Å²) in [6.07, 6.45) is -0.459. The first-order valence-electron chi connectivity index (χ1n) is 10.6. The average Bonchev–Trinajstić information content (AvgIpc) is 2.83. The molecule has 2 aliphatic rings. The minimum absolute atomic E-state index is 0.291. The summed E-state index contributed by atoms with van der Waals surface area (Å²) in [4.78, 5) is 24.0. The van der Waals surface area contributed by atoms with Crippen molar-refractivity contribution < 1.29 is 24.2 Å². The molecular formula is C25H20Cl2N2O5. The molecule has 34 heavy (non-hydrogen) atoms. The van der Waals surface area contributed by atoms with Crippen LogP contribution in [0.3, 0.4) is 0 Å². The molecule has 3 aromatic rings. The second-order valence-electron chi connectivity index (χ2n) is 8.19. The zero-order valence-corrected chi connectivity index (χ0v) is 19.3. The molecule has 7 nitrogen and oxygen atoms in total. The van der Waals surface area contributed by atoms with E-state index in [2.05, 4.69) is 10.6 Å². The number of ether oxygens (including phenoxy) is 2.